The third kappa shape index (κ3) is 3.25. The van der Waals surface area contributed by atoms with Crippen molar-refractivity contribution >= 4 is 11.7 Å². The Hall–Kier alpha value is -1.69. The van der Waals surface area contributed by atoms with Crippen molar-refractivity contribution in [2.24, 2.45) is 0 Å². The van der Waals surface area contributed by atoms with Crippen LogP contribution in [-0.4, -0.2) is 65.7 Å². The van der Waals surface area contributed by atoms with Gasteiger partial charge in [0.25, 0.3) is 5.91 Å². The largest absolute Gasteiger partial charge is 0.372 e. The average Bonchev–Trinajstić information content (AvgIpc) is 2.67. The molecule has 0 saturated carbocycles. The molecule has 1 aliphatic rings. The van der Waals surface area contributed by atoms with Gasteiger partial charge in [-0.1, -0.05) is 6.92 Å². The molecule has 0 spiro atoms. The van der Waals surface area contributed by atoms with E-state index in [2.05, 4.69) is 34.4 Å². The molecule has 1 aromatic rings. The number of aromatic nitrogens is 2. The number of carbonyl (C=O) groups excluding carboxylic acids is 1. The summed E-state index contributed by atoms with van der Waals surface area (Å²) in [5, 5.41) is 10.9. The Morgan fingerprint density at radius 1 is 1.40 bits per heavy atom. The summed E-state index contributed by atoms with van der Waals surface area (Å²) in [5.41, 5.74) is 0.423. The number of nitrogens with one attached hydrogen (secondary N) is 1. The van der Waals surface area contributed by atoms with Crippen molar-refractivity contribution in [1.29, 1.82) is 0 Å². The van der Waals surface area contributed by atoms with Crippen LogP contribution >= 0.6 is 0 Å². The van der Waals surface area contributed by atoms with Crippen molar-refractivity contribution in [1.82, 2.24) is 20.0 Å². The fourth-order valence-electron chi connectivity index (χ4n) is 2.59. The molecule has 1 aliphatic heterocycles. The lowest BCUT2D eigenvalue weighted by molar-refractivity contribution is 0.0668. The lowest BCUT2D eigenvalue weighted by Crippen LogP contribution is -2.43. The first-order chi connectivity index (χ1) is 9.65. The minimum absolute atomic E-state index is 0.0118. The number of likely N-dealkylation sites (N-methyl/N-ethyl adjacent to an activating group) is 1. The zero-order chi connectivity index (χ0) is 14.5. The van der Waals surface area contributed by atoms with Crippen LogP contribution in [0.4, 0.5) is 5.82 Å². The van der Waals surface area contributed by atoms with Crippen molar-refractivity contribution in [3.05, 3.63) is 17.8 Å². The summed E-state index contributed by atoms with van der Waals surface area (Å²) in [4.78, 5) is 16.9. The molecule has 1 fully saturated rings. The van der Waals surface area contributed by atoms with E-state index in [1.807, 2.05) is 4.90 Å². The lowest BCUT2D eigenvalue weighted by atomic mass is 10.1. The van der Waals surface area contributed by atoms with Crippen LogP contribution in [0.1, 0.15) is 30.3 Å². The Morgan fingerprint density at radius 2 is 2.20 bits per heavy atom. The molecule has 1 aromatic heterocycles. The lowest BCUT2D eigenvalue weighted by Gasteiger charge is -2.29. The summed E-state index contributed by atoms with van der Waals surface area (Å²) in [5.74, 6) is 0.659. The molecule has 0 radical (unpaired) electrons. The molecular formula is C14H23N5O. The Balaban J connectivity index is 2.16. The standard InChI is InChI=1S/C14H23N5O/c1-4-11-10-18(3)8-5-9-19(11)14(20)12-6-7-13(15-2)17-16-12/h6-7,11H,4-5,8-10H2,1-3H3,(H,15,17). The van der Waals surface area contributed by atoms with Crippen molar-refractivity contribution in [3.8, 4) is 0 Å². The zero-order valence-corrected chi connectivity index (χ0v) is 12.5. The first kappa shape index (κ1) is 14.7. The minimum Gasteiger partial charge on any atom is -0.372 e. The van der Waals surface area contributed by atoms with Gasteiger partial charge < -0.3 is 15.1 Å². The molecule has 0 aliphatic carbocycles. The summed E-state index contributed by atoms with van der Waals surface area (Å²) >= 11 is 0. The van der Waals surface area contributed by atoms with Crippen molar-refractivity contribution in [2.75, 3.05) is 39.0 Å². The Morgan fingerprint density at radius 3 is 2.80 bits per heavy atom. The van der Waals surface area contributed by atoms with Gasteiger partial charge in [-0.25, -0.2) is 0 Å². The fraction of sp³-hybridized carbons (Fsp3) is 0.643. The summed E-state index contributed by atoms with van der Waals surface area (Å²) in [6, 6.07) is 3.77. The van der Waals surface area contributed by atoms with Crippen molar-refractivity contribution in [2.45, 2.75) is 25.8 Å². The van der Waals surface area contributed by atoms with Gasteiger partial charge in [-0.15, -0.1) is 10.2 Å². The predicted octanol–water partition coefficient (Wildman–Crippen LogP) is 1.07. The molecule has 1 N–H and O–H groups in total. The molecule has 1 saturated heterocycles. The quantitative estimate of drug-likeness (QED) is 0.895. The monoisotopic (exact) mass is 277 g/mol. The van der Waals surface area contributed by atoms with E-state index in [0.29, 0.717) is 11.5 Å². The van der Waals surface area contributed by atoms with Crippen LogP contribution in [0.15, 0.2) is 12.1 Å². The third-order valence-electron chi connectivity index (χ3n) is 3.77. The van der Waals surface area contributed by atoms with Crippen LogP contribution in [0.25, 0.3) is 0 Å². The molecule has 6 nitrogen and oxygen atoms in total. The number of hydrogen-bond donors (Lipinski definition) is 1. The van der Waals surface area contributed by atoms with Gasteiger partial charge in [0.1, 0.15) is 5.82 Å². The average molecular weight is 277 g/mol. The smallest absolute Gasteiger partial charge is 0.274 e. The molecule has 0 aromatic carbocycles. The number of anilines is 1. The van der Waals surface area contributed by atoms with Crippen molar-refractivity contribution < 1.29 is 4.79 Å². The third-order valence-corrected chi connectivity index (χ3v) is 3.77. The molecule has 6 heteroatoms. The number of hydrogen-bond acceptors (Lipinski definition) is 5. The Bertz CT molecular complexity index is 447. The normalized spacial score (nSPS) is 20.6. The van der Waals surface area contributed by atoms with Crippen LogP contribution in [0.5, 0.6) is 0 Å². The summed E-state index contributed by atoms with van der Waals surface area (Å²) < 4.78 is 0. The van der Waals surface area contributed by atoms with E-state index in [1.54, 1.807) is 19.2 Å². The fourth-order valence-corrected chi connectivity index (χ4v) is 2.59. The molecule has 110 valence electrons. The number of amides is 1. The maximum Gasteiger partial charge on any atom is 0.274 e. The summed E-state index contributed by atoms with van der Waals surface area (Å²) in [6.45, 7) is 4.87. The van der Waals surface area contributed by atoms with Gasteiger partial charge >= 0.3 is 0 Å². The Labute approximate surface area is 120 Å². The molecule has 2 heterocycles. The highest BCUT2D eigenvalue weighted by molar-refractivity contribution is 5.92. The highest BCUT2D eigenvalue weighted by Gasteiger charge is 2.27. The van der Waals surface area contributed by atoms with E-state index in [1.165, 1.54) is 0 Å². The van der Waals surface area contributed by atoms with Crippen molar-refractivity contribution in [3.63, 3.8) is 0 Å². The van der Waals surface area contributed by atoms with Crippen LogP contribution in [0.2, 0.25) is 0 Å². The van der Waals surface area contributed by atoms with Crippen LogP contribution in [-0.2, 0) is 0 Å². The van der Waals surface area contributed by atoms with Gasteiger partial charge in [-0.05, 0) is 38.6 Å². The highest BCUT2D eigenvalue weighted by Crippen LogP contribution is 2.15. The van der Waals surface area contributed by atoms with E-state index in [9.17, 15) is 4.79 Å². The second-order valence-electron chi connectivity index (χ2n) is 5.23. The van der Waals surface area contributed by atoms with E-state index >= 15 is 0 Å². The molecule has 1 atom stereocenters. The summed E-state index contributed by atoms with van der Waals surface area (Å²) in [7, 11) is 3.89. The maximum absolute atomic E-state index is 12.6. The van der Waals surface area contributed by atoms with Gasteiger partial charge in [-0.2, -0.15) is 0 Å². The van der Waals surface area contributed by atoms with E-state index in [-0.39, 0.29) is 11.9 Å². The molecule has 1 amide bonds. The van der Waals surface area contributed by atoms with Crippen LogP contribution < -0.4 is 5.32 Å². The second kappa shape index (κ2) is 6.65. The maximum atomic E-state index is 12.6. The van der Waals surface area contributed by atoms with E-state index in [4.69, 9.17) is 0 Å². The predicted molar refractivity (Wildman–Crippen MR) is 78.8 cm³/mol. The number of carbonyl (C=O) groups is 1. The first-order valence-electron chi connectivity index (χ1n) is 7.16. The highest BCUT2D eigenvalue weighted by atomic mass is 16.2. The minimum atomic E-state index is -0.0118. The van der Waals surface area contributed by atoms with Crippen LogP contribution in [0, 0.1) is 0 Å². The molecule has 0 bridgehead atoms. The van der Waals surface area contributed by atoms with Gasteiger partial charge in [-0.3, -0.25) is 4.79 Å². The second-order valence-corrected chi connectivity index (χ2v) is 5.23. The van der Waals surface area contributed by atoms with Crippen LogP contribution in [0.3, 0.4) is 0 Å². The van der Waals surface area contributed by atoms with Gasteiger partial charge in [0, 0.05) is 26.2 Å². The van der Waals surface area contributed by atoms with E-state index in [0.717, 1.165) is 32.5 Å². The number of nitrogens with zero attached hydrogens (tertiary/aromatic N) is 4. The molecule has 2 rings (SSSR count). The molecule has 1 unspecified atom stereocenters. The van der Waals surface area contributed by atoms with Gasteiger partial charge in [0.15, 0.2) is 5.69 Å². The topological polar surface area (TPSA) is 61.4 Å². The number of rotatable bonds is 3. The SMILES string of the molecule is CCC1CN(C)CCCN1C(=O)c1ccc(NC)nn1. The first-order valence-corrected chi connectivity index (χ1v) is 7.16. The summed E-state index contributed by atoms with van der Waals surface area (Å²) in [6.07, 6.45) is 1.96. The molecule has 20 heavy (non-hydrogen) atoms. The van der Waals surface area contributed by atoms with E-state index < -0.39 is 0 Å². The van der Waals surface area contributed by atoms with Gasteiger partial charge in [0.2, 0.25) is 0 Å². The zero-order valence-electron chi connectivity index (χ0n) is 12.5. The van der Waals surface area contributed by atoms with Gasteiger partial charge in [0.05, 0.1) is 0 Å². The molecular weight excluding hydrogens is 254 g/mol. The Kier molecular flexibility index (Phi) is 4.89.